The van der Waals surface area contributed by atoms with Crippen LogP contribution in [0.2, 0.25) is 0 Å². The lowest BCUT2D eigenvalue weighted by atomic mass is 9.81. The van der Waals surface area contributed by atoms with Gasteiger partial charge < -0.3 is 15.2 Å². The van der Waals surface area contributed by atoms with Crippen LogP contribution in [0, 0.1) is 6.92 Å². The van der Waals surface area contributed by atoms with Crippen molar-refractivity contribution in [1.82, 2.24) is 0 Å². The molecule has 4 nitrogen and oxygen atoms in total. The summed E-state index contributed by atoms with van der Waals surface area (Å²) in [7, 11) is 0. The summed E-state index contributed by atoms with van der Waals surface area (Å²) in [6.07, 6.45) is 0.713. The van der Waals surface area contributed by atoms with Gasteiger partial charge in [0.2, 0.25) is 5.91 Å². The summed E-state index contributed by atoms with van der Waals surface area (Å²) in [4.78, 5) is 12.2. The van der Waals surface area contributed by atoms with Gasteiger partial charge in [0.05, 0.1) is 17.7 Å². The highest BCUT2D eigenvalue weighted by molar-refractivity contribution is 6.07. The molecule has 108 valence electrons. The van der Waals surface area contributed by atoms with Crippen LogP contribution in [0.5, 0.6) is 5.75 Å². The van der Waals surface area contributed by atoms with Gasteiger partial charge >= 0.3 is 0 Å². The third-order valence-corrected chi connectivity index (χ3v) is 4.67. The lowest BCUT2D eigenvalue weighted by Crippen LogP contribution is -2.27. The number of benzene rings is 1. The molecular weight excluding hydrogens is 254 g/mol. The van der Waals surface area contributed by atoms with Crippen LogP contribution < -0.4 is 10.1 Å². The predicted octanol–water partition coefficient (Wildman–Crippen LogP) is 2.47. The molecule has 2 atom stereocenters. The van der Waals surface area contributed by atoms with Gasteiger partial charge in [-0.2, -0.15) is 0 Å². The Balaban J connectivity index is 2.24. The highest BCUT2D eigenvalue weighted by atomic mass is 16.5. The van der Waals surface area contributed by atoms with Crippen LogP contribution >= 0.6 is 0 Å². The summed E-state index contributed by atoms with van der Waals surface area (Å²) < 4.78 is 6.00. The molecule has 0 bridgehead atoms. The van der Waals surface area contributed by atoms with Crippen molar-refractivity contribution >= 4 is 11.6 Å². The molecule has 0 aliphatic carbocycles. The SMILES string of the molecule is CCC1c2cc(C)c3c(c2OC1CO)C(C)(C)C(=O)N3. The highest BCUT2D eigenvalue weighted by Crippen LogP contribution is 2.52. The Bertz CT molecular complexity index is 592. The molecule has 0 spiro atoms. The monoisotopic (exact) mass is 275 g/mol. The lowest BCUT2D eigenvalue weighted by Gasteiger charge is -2.19. The number of aliphatic hydroxyl groups is 1. The summed E-state index contributed by atoms with van der Waals surface area (Å²) >= 11 is 0. The zero-order chi connectivity index (χ0) is 14.7. The molecule has 1 aromatic rings. The number of aliphatic hydroxyl groups excluding tert-OH is 1. The number of fused-ring (bicyclic) bond motifs is 3. The maximum atomic E-state index is 12.2. The van der Waals surface area contributed by atoms with Crippen molar-refractivity contribution in [1.29, 1.82) is 0 Å². The van der Waals surface area contributed by atoms with Crippen molar-refractivity contribution in [2.45, 2.75) is 51.6 Å². The minimum Gasteiger partial charge on any atom is -0.487 e. The first-order valence-electron chi connectivity index (χ1n) is 7.18. The van der Waals surface area contributed by atoms with E-state index in [4.69, 9.17) is 4.74 Å². The number of anilines is 1. The van der Waals surface area contributed by atoms with Gasteiger partial charge in [-0.1, -0.05) is 6.92 Å². The van der Waals surface area contributed by atoms with Crippen LogP contribution in [0.3, 0.4) is 0 Å². The second-order valence-electron chi connectivity index (χ2n) is 6.29. The number of rotatable bonds is 2. The van der Waals surface area contributed by atoms with Crippen molar-refractivity contribution in [2.24, 2.45) is 0 Å². The predicted molar refractivity (Wildman–Crippen MR) is 77.4 cm³/mol. The Morgan fingerprint density at radius 3 is 2.75 bits per heavy atom. The van der Waals surface area contributed by atoms with Gasteiger partial charge in [0.25, 0.3) is 0 Å². The van der Waals surface area contributed by atoms with Gasteiger partial charge in [0, 0.05) is 17.0 Å². The number of hydrogen-bond acceptors (Lipinski definition) is 3. The molecule has 2 aliphatic heterocycles. The van der Waals surface area contributed by atoms with E-state index in [1.165, 1.54) is 0 Å². The first-order chi connectivity index (χ1) is 9.41. The molecule has 20 heavy (non-hydrogen) atoms. The first-order valence-corrected chi connectivity index (χ1v) is 7.18. The molecule has 0 saturated heterocycles. The molecule has 0 saturated carbocycles. The number of carbonyl (C=O) groups is 1. The van der Waals surface area contributed by atoms with E-state index in [0.717, 1.165) is 34.5 Å². The smallest absolute Gasteiger partial charge is 0.234 e. The molecule has 4 heteroatoms. The van der Waals surface area contributed by atoms with E-state index in [-0.39, 0.29) is 24.5 Å². The third kappa shape index (κ3) is 1.54. The molecule has 1 amide bonds. The number of ether oxygens (including phenoxy) is 1. The van der Waals surface area contributed by atoms with Gasteiger partial charge in [-0.15, -0.1) is 0 Å². The van der Waals surface area contributed by atoms with E-state index in [1.807, 2.05) is 20.8 Å². The summed E-state index contributed by atoms with van der Waals surface area (Å²) in [6, 6.07) is 2.10. The third-order valence-electron chi connectivity index (χ3n) is 4.67. The van der Waals surface area contributed by atoms with Crippen molar-refractivity contribution in [2.75, 3.05) is 11.9 Å². The Morgan fingerprint density at radius 2 is 2.15 bits per heavy atom. The molecule has 1 aromatic carbocycles. The highest BCUT2D eigenvalue weighted by Gasteiger charge is 2.46. The van der Waals surface area contributed by atoms with Gasteiger partial charge in [-0.25, -0.2) is 0 Å². The topological polar surface area (TPSA) is 58.6 Å². The number of hydrogen-bond donors (Lipinski definition) is 2. The molecule has 2 unspecified atom stereocenters. The van der Waals surface area contributed by atoms with E-state index in [2.05, 4.69) is 18.3 Å². The zero-order valence-corrected chi connectivity index (χ0v) is 12.4. The minimum atomic E-state index is -0.589. The Morgan fingerprint density at radius 1 is 1.45 bits per heavy atom. The van der Waals surface area contributed by atoms with Crippen molar-refractivity contribution < 1.29 is 14.6 Å². The normalized spacial score (nSPS) is 25.9. The maximum Gasteiger partial charge on any atom is 0.234 e. The Hall–Kier alpha value is -1.55. The van der Waals surface area contributed by atoms with Crippen molar-refractivity contribution in [3.8, 4) is 5.75 Å². The number of amides is 1. The first kappa shape index (κ1) is 13.4. The quantitative estimate of drug-likeness (QED) is 0.871. The summed E-state index contributed by atoms with van der Waals surface area (Å²) in [6.45, 7) is 7.96. The van der Waals surface area contributed by atoms with Gasteiger partial charge in [-0.3, -0.25) is 4.79 Å². The van der Waals surface area contributed by atoms with Gasteiger partial charge in [0.15, 0.2) is 0 Å². The molecule has 0 radical (unpaired) electrons. The van der Waals surface area contributed by atoms with Crippen LogP contribution in [0.25, 0.3) is 0 Å². The van der Waals surface area contributed by atoms with Crippen LogP contribution in [0.15, 0.2) is 6.07 Å². The largest absolute Gasteiger partial charge is 0.487 e. The van der Waals surface area contributed by atoms with E-state index in [9.17, 15) is 9.90 Å². The zero-order valence-electron chi connectivity index (χ0n) is 12.4. The summed E-state index contributed by atoms with van der Waals surface area (Å²) in [5.41, 5.74) is 3.44. The average Bonchev–Trinajstić information content (AvgIpc) is 2.86. The van der Waals surface area contributed by atoms with E-state index >= 15 is 0 Å². The maximum absolute atomic E-state index is 12.2. The molecule has 0 aromatic heterocycles. The second-order valence-corrected chi connectivity index (χ2v) is 6.29. The molecule has 2 aliphatic rings. The van der Waals surface area contributed by atoms with Crippen LogP contribution in [0.4, 0.5) is 5.69 Å². The summed E-state index contributed by atoms with van der Waals surface area (Å²) in [5, 5.41) is 12.5. The lowest BCUT2D eigenvalue weighted by molar-refractivity contribution is -0.119. The molecular formula is C16H21NO3. The van der Waals surface area contributed by atoms with Crippen LogP contribution in [-0.2, 0) is 10.2 Å². The molecule has 2 heterocycles. The van der Waals surface area contributed by atoms with Crippen LogP contribution in [0.1, 0.15) is 49.8 Å². The summed E-state index contributed by atoms with van der Waals surface area (Å²) in [5.74, 6) is 1.01. The Labute approximate surface area is 119 Å². The number of carbonyl (C=O) groups excluding carboxylic acids is 1. The standard InChI is InChI=1S/C16H21NO3/c1-5-9-10-6-8(2)13-12(14(10)20-11(9)7-18)16(3,4)15(19)17-13/h6,9,11,18H,5,7H2,1-4H3,(H,17,19). The van der Waals surface area contributed by atoms with Crippen molar-refractivity contribution in [3.05, 3.63) is 22.8 Å². The molecule has 3 rings (SSSR count). The number of nitrogens with one attached hydrogen (secondary N) is 1. The Kier molecular flexibility index (Phi) is 2.83. The molecule has 2 N–H and O–H groups in total. The van der Waals surface area contributed by atoms with Gasteiger partial charge in [0.1, 0.15) is 11.9 Å². The second kappa shape index (κ2) is 4.22. The molecule has 0 fully saturated rings. The van der Waals surface area contributed by atoms with E-state index < -0.39 is 5.41 Å². The van der Waals surface area contributed by atoms with Gasteiger partial charge in [-0.05, 0) is 38.8 Å². The van der Waals surface area contributed by atoms with Crippen LogP contribution in [-0.4, -0.2) is 23.7 Å². The van der Waals surface area contributed by atoms with E-state index in [0.29, 0.717) is 0 Å². The van der Waals surface area contributed by atoms with Crippen molar-refractivity contribution in [3.63, 3.8) is 0 Å². The fraction of sp³-hybridized carbons (Fsp3) is 0.562. The minimum absolute atomic E-state index is 0.00279. The number of aryl methyl sites for hydroxylation is 1. The fourth-order valence-electron chi connectivity index (χ4n) is 3.45. The fourth-order valence-corrected chi connectivity index (χ4v) is 3.45. The van der Waals surface area contributed by atoms with E-state index in [1.54, 1.807) is 0 Å². The average molecular weight is 275 g/mol.